The highest BCUT2D eigenvalue weighted by molar-refractivity contribution is 5.96. The molecule has 100 valence electrons. The number of esters is 1. The van der Waals surface area contributed by atoms with E-state index >= 15 is 0 Å². The number of carbonyl (C=O) groups is 1. The summed E-state index contributed by atoms with van der Waals surface area (Å²) in [6, 6.07) is 12.5. The Bertz CT molecular complexity index is 693. The first-order valence-electron chi connectivity index (χ1n) is 5.79. The van der Waals surface area contributed by atoms with Crippen molar-refractivity contribution in [2.75, 3.05) is 12.4 Å². The number of methoxy groups -OCH3 is 1. The van der Waals surface area contributed by atoms with Crippen LogP contribution in [0.3, 0.4) is 0 Å². The Morgan fingerprint density at radius 2 is 2.00 bits per heavy atom. The van der Waals surface area contributed by atoms with Gasteiger partial charge in [0.2, 0.25) is 0 Å². The lowest BCUT2D eigenvalue weighted by Crippen LogP contribution is -2.06. The number of rotatable bonds is 3. The van der Waals surface area contributed by atoms with E-state index in [2.05, 4.69) is 10.1 Å². The Balaban J connectivity index is 2.36. The average molecular weight is 270 g/mol. The number of hydrogen-bond donors (Lipinski definition) is 1. The van der Waals surface area contributed by atoms with Gasteiger partial charge >= 0.3 is 5.97 Å². The van der Waals surface area contributed by atoms with Gasteiger partial charge in [0.15, 0.2) is 0 Å². The zero-order valence-electron chi connectivity index (χ0n) is 10.7. The zero-order valence-corrected chi connectivity index (χ0v) is 10.7. The van der Waals surface area contributed by atoms with Crippen molar-refractivity contribution < 1.29 is 13.9 Å². The lowest BCUT2D eigenvalue weighted by molar-refractivity contribution is 0.0602. The number of carbonyl (C=O) groups excluding carboxylic acids is 1. The number of hydrogen-bond acceptors (Lipinski definition) is 4. The lowest BCUT2D eigenvalue weighted by atomic mass is 10.1. The predicted octanol–water partition coefficient (Wildman–Crippen LogP) is 3.23. The quantitative estimate of drug-likeness (QED) is 0.870. The van der Waals surface area contributed by atoms with E-state index in [-0.39, 0.29) is 11.3 Å². The molecule has 2 aromatic carbocycles. The summed E-state index contributed by atoms with van der Waals surface area (Å²) in [5, 5.41) is 11.5. The largest absolute Gasteiger partial charge is 0.465 e. The molecule has 0 unspecified atom stereocenters. The van der Waals surface area contributed by atoms with E-state index in [0.29, 0.717) is 11.3 Å². The van der Waals surface area contributed by atoms with Gasteiger partial charge in [0.25, 0.3) is 0 Å². The zero-order chi connectivity index (χ0) is 14.5. The second-order valence-corrected chi connectivity index (χ2v) is 3.97. The van der Waals surface area contributed by atoms with E-state index in [4.69, 9.17) is 5.26 Å². The number of halogens is 1. The molecule has 0 radical (unpaired) electrons. The summed E-state index contributed by atoms with van der Waals surface area (Å²) >= 11 is 0. The number of para-hydroxylation sites is 1. The van der Waals surface area contributed by atoms with Crippen LogP contribution in [-0.2, 0) is 4.74 Å². The monoisotopic (exact) mass is 270 g/mol. The molecule has 0 aliphatic carbocycles. The third-order valence-electron chi connectivity index (χ3n) is 2.70. The third-order valence-corrected chi connectivity index (χ3v) is 2.70. The van der Waals surface area contributed by atoms with Crippen LogP contribution < -0.4 is 5.32 Å². The van der Waals surface area contributed by atoms with Crippen LogP contribution in [0.5, 0.6) is 0 Å². The van der Waals surface area contributed by atoms with Crippen molar-refractivity contribution in [1.82, 2.24) is 0 Å². The third kappa shape index (κ3) is 2.75. The molecule has 0 atom stereocenters. The second-order valence-electron chi connectivity index (χ2n) is 3.97. The number of benzene rings is 2. The van der Waals surface area contributed by atoms with Crippen molar-refractivity contribution in [2.45, 2.75) is 0 Å². The molecule has 0 aromatic heterocycles. The molecule has 2 aromatic rings. The van der Waals surface area contributed by atoms with Crippen molar-refractivity contribution in [3.05, 3.63) is 59.4 Å². The number of nitriles is 1. The fraction of sp³-hybridized carbons (Fsp3) is 0.0667. The maximum atomic E-state index is 13.8. The summed E-state index contributed by atoms with van der Waals surface area (Å²) in [4.78, 5) is 11.6. The Morgan fingerprint density at radius 1 is 1.25 bits per heavy atom. The van der Waals surface area contributed by atoms with Crippen LogP contribution >= 0.6 is 0 Å². The van der Waals surface area contributed by atoms with Crippen molar-refractivity contribution in [3.63, 3.8) is 0 Å². The minimum atomic E-state index is -0.566. The molecule has 1 N–H and O–H groups in total. The SMILES string of the molecule is COC(=O)c1ccccc1Nc1ccc(C#N)cc1F. The van der Waals surface area contributed by atoms with Gasteiger partial charge in [-0.25, -0.2) is 9.18 Å². The number of nitrogens with zero attached hydrogens (tertiary/aromatic N) is 1. The molecule has 2 rings (SSSR count). The van der Waals surface area contributed by atoms with Crippen molar-refractivity contribution in [3.8, 4) is 6.07 Å². The number of ether oxygens (including phenoxy) is 1. The van der Waals surface area contributed by atoms with Gasteiger partial charge in [0.05, 0.1) is 35.7 Å². The van der Waals surface area contributed by atoms with Crippen molar-refractivity contribution in [2.24, 2.45) is 0 Å². The fourth-order valence-electron chi connectivity index (χ4n) is 1.71. The Hall–Kier alpha value is -2.87. The highest BCUT2D eigenvalue weighted by Gasteiger charge is 2.12. The first-order chi connectivity index (χ1) is 9.65. The van der Waals surface area contributed by atoms with E-state index in [1.165, 1.54) is 19.2 Å². The van der Waals surface area contributed by atoms with Gasteiger partial charge in [-0.15, -0.1) is 0 Å². The number of anilines is 2. The van der Waals surface area contributed by atoms with Gasteiger partial charge in [-0.05, 0) is 30.3 Å². The average Bonchev–Trinajstić information content (AvgIpc) is 2.49. The number of nitrogens with one attached hydrogen (secondary N) is 1. The molecule has 0 aliphatic rings. The van der Waals surface area contributed by atoms with Crippen molar-refractivity contribution in [1.29, 1.82) is 5.26 Å². The standard InChI is InChI=1S/C15H11FN2O2/c1-20-15(19)11-4-2-3-5-13(11)18-14-7-6-10(9-17)8-12(14)16/h2-8,18H,1H3. The molecular weight excluding hydrogens is 259 g/mol. The highest BCUT2D eigenvalue weighted by atomic mass is 19.1. The lowest BCUT2D eigenvalue weighted by Gasteiger charge is -2.11. The van der Waals surface area contributed by atoms with Crippen LogP contribution in [0.15, 0.2) is 42.5 Å². The molecule has 0 aliphatic heterocycles. The minimum absolute atomic E-state index is 0.181. The Morgan fingerprint density at radius 3 is 2.65 bits per heavy atom. The summed E-state index contributed by atoms with van der Waals surface area (Å²) in [5.74, 6) is -1.08. The smallest absolute Gasteiger partial charge is 0.339 e. The van der Waals surface area contributed by atoms with Gasteiger partial charge < -0.3 is 10.1 Å². The van der Waals surface area contributed by atoms with Gasteiger partial charge in [0.1, 0.15) is 5.82 Å². The first kappa shape index (κ1) is 13.6. The van der Waals surface area contributed by atoms with Crippen LogP contribution in [0.4, 0.5) is 15.8 Å². The normalized spacial score (nSPS) is 9.65. The summed E-state index contributed by atoms with van der Waals surface area (Å²) < 4.78 is 18.5. The van der Waals surface area contributed by atoms with Gasteiger partial charge in [-0.1, -0.05) is 12.1 Å². The molecule has 0 heterocycles. The summed E-state index contributed by atoms with van der Waals surface area (Å²) in [6.07, 6.45) is 0. The molecule has 4 nitrogen and oxygen atoms in total. The topological polar surface area (TPSA) is 62.1 Å². The van der Waals surface area contributed by atoms with Gasteiger partial charge in [-0.2, -0.15) is 5.26 Å². The van der Waals surface area contributed by atoms with E-state index in [9.17, 15) is 9.18 Å². The Labute approximate surface area is 115 Å². The van der Waals surface area contributed by atoms with Gasteiger partial charge in [0, 0.05) is 0 Å². The molecule has 0 amide bonds. The summed E-state index contributed by atoms with van der Waals surface area (Å²) in [5.41, 5.74) is 1.15. The molecule has 0 fully saturated rings. The van der Waals surface area contributed by atoms with Gasteiger partial charge in [-0.3, -0.25) is 0 Å². The Kier molecular flexibility index (Phi) is 3.96. The van der Waals surface area contributed by atoms with E-state index < -0.39 is 11.8 Å². The highest BCUT2D eigenvalue weighted by Crippen LogP contribution is 2.24. The van der Waals surface area contributed by atoms with Crippen LogP contribution in [0.25, 0.3) is 0 Å². The van der Waals surface area contributed by atoms with E-state index in [1.54, 1.807) is 24.3 Å². The summed E-state index contributed by atoms with van der Waals surface area (Å²) in [6.45, 7) is 0. The molecule has 0 spiro atoms. The molecule has 5 heteroatoms. The van der Waals surface area contributed by atoms with E-state index in [0.717, 1.165) is 6.07 Å². The molecule has 20 heavy (non-hydrogen) atoms. The second kappa shape index (κ2) is 5.85. The van der Waals surface area contributed by atoms with Crippen molar-refractivity contribution >= 4 is 17.3 Å². The minimum Gasteiger partial charge on any atom is -0.465 e. The first-order valence-corrected chi connectivity index (χ1v) is 5.79. The molecule has 0 bridgehead atoms. The summed E-state index contributed by atoms with van der Waals surface area (Å²) in [7, 11) is 1.28. The van der Waals surface area contributed by atoms with E-state index in [1.807, 2.05) is 6.07 Å². The van der Waals surface area contributed by atoms with Crippen LogP contribution in [0.1, 0.15) is 15.9 Å². The molecular formula is C15H11FN2O2. The molecule has 0 saturated heterocycles. The maximum Gasteiger partial charge on any atom is 0.339 e. The maximum absolute atomic E-state index is 13.8. The van der Waals surface area contributed by atoms with Crippen LogP contribution in [0, 0.1) is 17.1 Å². The predicted molar refractivity (Wildman–Crippen MR) is 72.2 cm³/mol. The van der Waals surface area contributed by atoms with Crippen LogP contribution in [0.2, 0.25) is 0 Å². The van der Waals surface area contributed by atoms with Crippen LogP contribution in [-0.4, -0.2) is 13.1 Å². The molecule has 0 saturated carbocycles. The fourth-order valence-corrected chi connectivity index (χ4v) is 1.71.